The molecular formula is C14H12ClN3O3. The van der Waals surface area contributed by atoms with E-state index in [1.807, 2.05) is 19.1 Å². The fraction of sp³-hybridized carbons (Fsp3) is 0.0714. The number of urea groups is 1. The molecule has 0 aliphatic carbocycles. The molecule has 0 fully saturated rings. The largest absolute Gasteiger partial charge is 0.323 e. The van der Waals surface area contributed by atoms with Crippen molar-refractivity contribution in [2.24, 2.45) is 0 Å². The number of rotatable bonds is 3. The number of anilines is 2. The van der Waals surface area contributed by atoms with Crippen LogP contribution in [0.5, 0.6) is 0 Å². The molecule has 2 amide bonds. The summed E-state index contributed by atoms with van der Waals surface area (Å²) in [6.45, 7) is 1.94. The fourth-order valence-corrected chi connectivity index (χ4v) is 1.81. The van der Waals surface area contributed by atoms with E-state index >= 15 is 0 Å². The first-order valence-corrected chi connectivity index (χ1v) is 6.42. The maximum absolute atomic E-state index is 11.8. The predicted octanol–water partition coefficient (Wildman–Crippen LogP) is 4.20. The van der Waals surface area contributed by atoms with Gasteiger partial charge in [0.05, 0.1) is 15.6 Å². The van der Waals surface area contributed by atoms with Crippen LogP contribution in [0.15, 0.2) is 42.5 Å². The zero-order chi connectivity index (χ0) is 15.4. The second-order valence-electron chi connectivity index (χ2n) is 4.37. The number of halogens is 1. The Morgan fingerprint density at radius 2 is 1.81 bits per heavy atom. The molecule has 2 aromatic rings. The number of hydrogen-bond acceptors (Lipinski definition) is 3. The third-order valence-corrected chi connectivity index (χ3v) is 3.05. The molecular weight excluding hydrogens is 294 g/mol. The molecule has 0 unspecified atom stereocenters. The van der Waals surface area contributed by atoms with Gasteiger partial charge in [0, 0.05) is 17.8 Å². The van der Waals surface area contributed by atoms with Gasteiger partial charge < -0.3 is 10.6 Å². The van der Waals surface area contributed by atoms with Crippen molar-refractivity contribution in [3.8, 4) is 0 Å². The summed E-state index contributed by atoms with van der Waals surface area (Å²) in [6, 6.07) is 10.5. The number of carbonyl (C=O) groups is 1. The van der Waals surface area contributed by atoms with E-state index in [2.05, 4.69) is 10.6 Å². The Bertz CT molecular complexity index is 686. The maximum Gasteiger partial charge on any atom is 0.323 e. The Kier molecular flexibility index (Phi) is 4.39. The van der Waals surface area contributed by atoms with Gasteiger partial charge in [-0.2, -0.15) is 0 Å². The maximum atomic E-state index is 11.8. The average Bonchev–Trinajstić information content (AvgIpc) is 2.43. The van der Waals surface area contributed by atoms with E-state index in [1.165, 1.54) is 18.2 Å². The number of nitro benzene ring substituents is 1. The van der Waals surface area contributed by atoms with Gasteiger partial charge in [0.1, 0.15) is 0 Å². The van der Waals surface area contributed by atoms with Crippen molar-refractivity contribution >= 4 is 34.7 Å². The Balaban J connectivity index is 2.10. The van der Waals surface area contributed by atoms with E-state index in [0.717, 1.165) is 5.56 Å². The first-order chi connectivity index (χ1) is 9.95. The molecule has 6 nitrogen and oxygen atoms in total. The lowest BCUT2D eigenvalue weighted by atomic mass is 10.2. The SMILES string of the molecule is Cc1ccc(NC(=O)Nc2cc([N+](=O)[O-])ccc2Cl)cc1. The first kappa shape index (κ1) is 14.8. The quantitative estimate of drug-likeness (QED) is 0.658. The summed E-state index contributed by atoms with van der Waals surface area (Å²) in [5.41, 5.74) is 1.71. The molecule has 0 bridgehead atoms. The van der Waals surface area contributed by atoms with Crippen LogP contribution in [0, 0.1) is 17.0 Å². The van der Waals surface area contributed by atoms with E-state index in [-0.39, 0.29) is 16.4 Å². The van der Waals surface area contributed by atoms with Crippen molar-refractivity contribution in [3.63, 3.8) is 0 Å². The van der Waals surface area contributed by atoms with Crippen LogP contribution in [0.4, 0.5) is 21.9 Å². The third-order valence-electron chi connectivity index (χ3n) is 2.72. The van der Waals surface area contributed by atoms with E-state index in [1.54, 1.807) is 12.1 Å². The lowest BCUT2D eigenvalue weighted by Gasteiger charge is -2.09. The van der Waals surface area contributed by atoms with Gasteiger partial charge in [-0.1, -0.05) is 29.3 Å². The number of aryl methyl sites for hydroxylation is 1. The number of amides is 2. The smallest absolute Gasteiger partial charge is 0.308 e. The summed E-state index contributed by atoms with van der Waals surface area (Å²) < 4.78 is 0. The van der Waals surface area contributed by atoms with Crippen molar-refractivity contribution in [1.82, 2.24) is 0 Å². The molecule has 0 saturated carbocycles. The number of benzene rings is 2. The van der Waals surface area contributed by atoms with Gasteiger partial charge in [0.25, 0.3) is 5.69 Å². The van der Waals surface area contributed by atoms with Crippen molar-refractivity contribution in [2.75, 3.05) is 10.6 Å². The summed E-state index contributed by atoms with van der Waals surface area (Å²) in [4.78, 5) is 22.0. The molecule has 0 aliphatic rings. The van der Waals surface area contributed by atoms with Gasteiger partial charge in [0.15, 0.2) is 0 Å². The van der Waals surface area contributed by atoms with Crippen molar-refractivity contribution in [1.29, 1.82) is 0 Å². The predicted molar refractivity (Wildman–Crippen MR) is 81.9 cm³/mol. The van der Waals surface area contributed by atoms with Gasteiger partial charge in [-0.15, -0.1) is 0 Å². The van der Waals surface area contributed by atoms with Gasteiger partial charge in [-0.25, -0.2) is 4.79 Å². The number of nitrogens with zero attached hydrogens (tertiary/aromatic N) is 1. The van der Waals surface area contributed by atoms with Gasteiger partial charge >= 0.3 is 6.03 Å². The zero-order valence-corrected chi connectivity index (χ0v) is 11.8. The minimum absolute atomic E-state index is 0.148. The second-order valence-corrected chi connectivity index (χ2v) is 4.77. The van der Waals surface area contributed by atoms with Gasteiger partial charge in [-0.05, 0) is 25.1 Å². The Morgan fingerprint density at radius 3 is 2.43 bits per heavy atom. The van der Waals surface area contributed by atoms with E-state index in [4.69, 9.17) is 11.6 Å². The van der Waals surface area contributed by atoms with Crippen molar-refractivity contribution in [2.45, 2.75) is 6.92 Å². The van der Waals surface area contributed by atoms with Crippen molar-refractivity contribution in [3.05, 3.63) is 63.2 Å². The normalized spacial score (nSPS) is 10.0. The van der Waals surface area contributed by atoms with Crippen LogP contribution in [0.2, 0.25) is 5.02 Å². The Labute approximate surface area is 125 Å². The van der Waals surface area contributed by atoms with Gasteiger partial charge in [-0.3, -0.25) is 10.1 Å². The number of hydrogen-bond donors (Lipinski definition) is 2. The third kappa shape index (κ3) is 3.93. The Hall–Kier alpha value is -2.60. The number of nitrogens with one attached hydrogen (secondary N) is 2. The van der Waals surface area contributed by atoms with Crippen molar-refractivity contribution < 1.29 is 9.72 Å². The lowest BCUT2D eigenvalue weighted by Crippen LogP contribution is -2.19. The lowest BCUT2D eigenvalue weighted by molar-refractivity contribution is -0.384. The molecule has 7 heteroatoms. The number of nitro groups is 1. The van der Waals surface area contributed by atoms with Crippen LogP contribution in [0.1, 0.15) is 5.56 Å². The molecule has 0 aromatic heterocycles. The fourth-order valence-electron chi connectivity index (χ4n) is 1.64. The number of non-ortho nitro benzene ring substituents is 1. The summed E-state index contributed by atoms with van der Waals surface area (Å²) >= 11 is 5.90. The highest BCUT2D eigenvalue weighted by Crippen LogP contribution is 2.26. The van der Waals surface area contributed by atoms with E-state index < -0.39 is 11.0 Å². The topological polar surface area (TPSA) is 84.3 Å². The average molecular weight is 306 g/mol. The van der Waals surface area contributed by atoms with Crippen LogP contribution < -0.4 is 10.6 Å². The molecule has 0 spiro atoms. The van der Waals surface area contributed by atoms with Crippen LogP contribution >= 0.6 is 11.6 Å². The first-order valence-electron chi connectivity index (χ1n) is 6.04. The molecule has 0 radical (unpaired) electrons. The van der Waals surface area contributed by atoms with Crippen LogP contribution in [-0.2, 0) is 0 Å². The highest BCUT2D eigenvalue weighted by molar-refractivity contribution is 6.33. The molecule has 0 atom stereocenters. The minimum Gasteiger partial charge on any atom is -0.308 e. The highest BCUT2D eigenvalue weighted by Gasteiger charge is 2.12. The summed E-state index contributed by atoms with van der Waals surface area (Å²) in [6.07, 6.45) is 0. The molecule has 0 saturated heterocycles. The molecule has 108 valence electrons. The minimum atomic E-state index is -0.556. The van der Waals surface area contributed by atoms with Crippen LogP contribution in [-0.4, -0.2) is 11.0 Å². The number of carbonyl (C=O) groups excluding carboxylic acids is 1. The Morgan fingerprint density at radius 1 is 1.14 bits per heavy atom. The zero-order valence-electron chi connectivity index (χ0n) is 11.1. The van der Waals surface area contributed by atoms with E-state index in [9.17, 15) is 14.9 Å². The molecule has 2 N–H and O–H groups in total. The molecule has 0 heterocycles. The van der Waals surface area contributed by atoms with Gasteiger partial charge in [0.2, 0.25) is 0 Å². The summed E-state index contributed by atoms with van der Waals surface area (Å²) in [5.74, 6) is 0. The monoisotopic (exact) mass is 305 g/mol. The van der Waals surface area contributed by atoms with E-state index in [0.29, 0.717) is 5.69 Å². The molecule has 21 heavy (non-hydrogen) atoms. The summed E-state index contributed by atoms with van der Waals surface area (Å²) in [5, 5.41) is 16.0. The van der Waals surface area contributed by atoms with Crippen LogP contribution in [0.3, 0.4) is 0 Å². The summed E-state index contributed by atoms with van der Waals surface area (Å²) in [7, 11) is 0. The molecule has 2 rings (SSSR count). The van der Waals surface area contributed by atoms with Crippen LogP contribution in [0.25, 0.3) is 0 Å². The molecule has 2 aromatic carbocycles. The standard InChI is InChI=1S/C14H12ClN3O3/c1-9-2-4-10(5-3-9)16-14(19)17-13-8-11(18(20)21)6-7-12(13)15/h2-8H,1H3,(H2,16,17,19). The highest BCUT2D eigenvalue weighted by atomic mass is 35.5. The second kappa shape index (κ2) is 6.23. The molecule has 0 aliphatic heterocycles.